The highest BCUT2D eigenvalue weighted by atomic mass is 19.1. The van der Waals surface area contributed by atoms with E-state index in [-0.39, 0.29) is 25.1 Å². The molecule has 45 heavy (non-hydrogen) atoms. The Labute approximate surface area is 263 Å². The number of nitrogens with one attached hydrogen (secondary N) is 1. The van der Waals surface area contributed by atoms with Gasteiger partial charge >= 0.3 is 0 Å². The van der Waals surface area contributed by atoms with Gasteiger partial charge in [0.15, 0.2) is 0 Å². The summed E-state index contributed by atoms with van der Waals surface area (Å²) in [6.45, 7) is 0.274. The summed E-state index contributed by atoms with van der Waals surface area (Å²) in [6, 6.07) is 54.8. The molecule has 0 aliphatic rings. The molecular weight excluding hydrogens is 558 g/mol. The van der Waals surface area contributed by atoms with Gasteiger partial charge in [-0.25, -0.2) is 13.8 Å². The second-order valence-electron chi connectivity index (χ2n) is 10.3. The minimum atomic E-state index is -0.200. The number of nitrogens with zero attached hydrogens (tertiary/aromatic N) is 2. The van der Waals surface area contributed by atoms with Crippen molar-refractivity contribution in [3.05, 3.63) is 194 Å². The molecule has 6 aromatic carbocycles. The Kier molecular flexibility index (Phi) is 11.2. The van der Waals surface area contributed by atoms with Crippen LogP contribution in [-0.2, 0) is 0 Å². The molecule has 0 unspecified atom stereocenters. The lowest BCUT2D eigenvalue weighted by atomic mass is 9.37. The normalized spacial score (nSPS) is 10.0. The molecule has 0 aliphatic heterocycles. The van der Waals surface area contributed by atoms with Gasteiger partial charge < -0.3 is 0 Å². The molecule has 7 rings (SSSR count). The van der Waals surface area contributed by atoms with E-state index in [4.69, 9.17) is 0 Å². The van der Waals surface area contributed by atoms with Gasteiger partial charge in [-0.3, -0.25) is 5.10 Å². The molecule has 0 amide bonds. The lowest BCUT2D eigenvalue weighted by Gasteiger charge is -2.15. The van der Waals surface area contributed by atoms with E-state index >= 15 is 0 Å². The van der Waals surface area contributed by atoms with Gasteiger partial charge in [0, 0.05) is 0 Å². The second kappa shape index (κ2) is 16.3. The molecule has 0 atom stereocenters. The van der Waals surface area contributed by atoms with Gasteiger partial charge in [0.25, 0.3) is 0 Å². The molecule has 1 heterocycles. The summed E-state index contributed by atoms with van der Waals surface area (Å²) in [4.78, 5) is 3.56. The summed E-state index contributed by atoms with van der Waals surface area (Å²) >= 11 is 0. The fourth-order valence-corrected chi connectivity index (χ4v) is 5.21. The van der Waals surface area contributed by atoms with E-state index in [2.05, 4.69) is 63.7 Å². The highest BCUT2D eigenvalue weighted by molar-refractivity contribution is 6.96. The van der Waals surface area contributed by atoms with E-state index in [0.29, 0.717) is 0 Å². The molecule has 7 aromatic rings. The first-order chi connectivity index (χ1) is 22.2. The van der Waals surface area contributed by atoms with E-state index in [1.165, 1.54) is 58.8 Å². The van der Waals surface area contributed by atoms with Crippen molar-refractivity contribution in [3.8, 4) is 0 Å². The van der Waals surface area contributed by atoms with Crippen LogP contribution < -0.4 is 32.8 Å². The van der Waals surface area contributed by atoms with Gasteiger partial charge in [-0.15, -0.1) is 0 Å². The number of aromatic amines is 1. The summed E-state index contributed by atoms with van der Waals surface area (Å²) in [5, 5.41) is 5.99. The summed E-state index contributed by atoms with van der Waals surface area (Å²) in [5.41, 5.74) is 7.05. The highest BCUT2D eigenvalue weighted by Crippen LogP contribution is 2.00. The van der Waals surface area contributed by atoms with Gasteiger partial charge in [-0.2, -0.15) is 5.10 Å². The maximum Gasteiger partial charge on any atom is 0.241 e. The first-order valence-corrected chi connectivity index (χ1v) is 14.7. The van der Waals surface area contributed by atoms with Crippen LogP contribution in [0.15, 0.2) is 183 Å². The molecular formula is C38H31B2F2N3. The second-order valence-corrected chi connectivity index (χ2v) is 10.3. The minimum Gasteiger partial charge on any atom is -0.266 e. The third-order valence-electron chi connectivity index (χ3n) is 7.27. The summed E-state index contributed by atoms with van der Waals surface area (Å²) in [6.07, 6.45) is 2.96. The van der Waals surface area contributed by atoms with Crippen molar-refractivity contribution < 1.29 is 8.78 Å². The summed E-state index contributed by atoms with van der Waals surface area (Å²) in [5.74, 6) is -0.401. The predicted octanol–water partition coefficient (Wildman–Crippen LogP) is 4.49. The van der Waals surface area contributed by atoms with Crippen molar-refractivity contribution >= 4 is 46.2 Å². The summed E-state index contributed by atoms with van der Waals surface area (Å²) < 4.78 is 26.3. The number of halogens is 2. The van der Waals surface area contributed by atoms with Gasteiger partial charge in [-0.1, -0.05) is 178 Å². The topological polar surface area (TPSA) is 41.6 Å². The van der Waals surface area contributed by atoms with Gasteiger partial charge in [0.05, 0.1) is 0 Å². The van der Waals surface area contributed by atoms with Gasteiger partial charge in [-0.05, 0) is 24.3 Å². The Morgan fingerprint density at radius 3 is 0.889 bits per heavy atom. The van der Waals surface area contributed by atoms with E-state index in [0.717, 1.165) is 10.9 Å². The molecule has 0 fully saturated rings. The van der Waals surface area contributed by atoms with Crippen LogP contribution in [0, 0.1) is 11.6 Å². The molecule has 0 saturated carbocycles. The number of hydrogen-bond donors (Lipinski definition) is 1. The number of benzene rings is 6. The van der Waals surface area contributed by atoms with Crippen LogP contribution in [0.2, 0.25) is 0 Å². The van der Waals surface area contributed by atoms with Crippen LogP contribution in [0.25, 0.3) is 0 Å². The van der Waals surface area contributed by atoms with Gasteiger partial charge in [0.2, 0.25) is 13.4 Å². The molecule has 0 radical (unpaired) electrons. The highest BCUT2D eigenvalue weighted by Gasteiger charge is 2.22. The van der Waals surface area contributed by atoms with Gasteiger partial charge in [0.1, 0.15) is 24.3 Å². The molecule has 0 saturated heterocycles. The SMILES string of the molecule is Fc1ccc(B(c2ccccc2)c2ccccc2)cc1.Fc1ccc(B(c2ccccc2)c2ccccc2)cc1.c1nc[nH]n1. The lowest BCUT2D eigenvalue weighted by molar-refractivity contribution is 0.628. The zero-order valence-corrected chi connectivity index (χ0v) is 24.6. The lowest BCUT2D eigenvalue weighted by Crippen LogP contribution is -2.51. The van der Waals surface area contributed by atoms with E-state index in [1.54, 1.807) is 0 Å². The standard InChI is InChI=1S/2C18H14BF.C2H3N3/c2*20-18-13-11-17(12-14-18)19(15-7-3-1-4-8-15)16-9-5-2-6-10-16;1-3-2-5-4-1/h2*1-14H;1-2H,(H,3,4,5). The Bertz CT molecular complexity index is 1570. The molecule has 1 N–H and O–H groups in total. The number of H-pyrrole nitrogens is 1. The number of aromatic nitrogens is 3. The number of rotatable bonds is 6. The molecule has 1 aromatic heterocycles. The van der Waals surface area contributed by atoms with Crippen LogP contribution >= 0.6 is 0 Å². The molecule has 0 aliphatic carbocycles. The van der Waals surface area contributed by atoms with Crippen molar-refractivity contribution in [1.82, 2.24) is 15.2 Å². The Morgan fingerprint density at radius 2 is 0.667 bits per heavy atom. The number of hydrogen-bond acceptors (Lipinski definition) is 2. The van der Waals surface area contributed by atoms with Crippen molar-refractivity contribution in [2.24, 2.45) is 0 Å². The monoisotopic (exact) mass is 589 g/mol. The first kappa shape index (κ1) is 30.9. The minimum absolute atomic E-state index is 0.137. The molecule has 0 bridgehead atoms. The van der Waals surface area contributed by atoms with E-state index in [1.807, 2.05) is 97.1 Å². The van der Waals surface area contributed by atoms with Crippen LogP contribution in [-0.4, -0.2) is 28.6 Å². The Balaban J connectivity index is 0.000000154. The third kappa shape index (κ3) is 8.97. The van der Waals surface area contributed by atoms with Crippen molar-refractivity contribution in [2.75, 3.05) is 0 Å². The van der Waals surface area contributed by atoms with Crippen LogP contribution in [0.5, 0.6) is 0 Å². The van der Waals surface area contributed by atoms with E-state index < -0.39 is 0 Å². The largest absolute Gasteiger partial charge is 0.266 e. The smallest absolute Gasteiger partial charge is 0.241 e. The molecule has 218 valence electrons. The van der Waals surface area contributed by atoms with Crippen molar-refractivity contribution in [2.45, 2.75) is 0 Å². The zero-order valence-electron chi connectivity index (χ0n) is 24.6. The maximum absolute atomic E-state index is 13.2. The zero-order chi connectivity index (χ0) is 31.1. The van der Waals surface area contributed by atoms with E-state index in [9.17, 15) is 8.78 Å². The average Bonchev–Trinajstić information content (AvgIpc) is 3.70. The van der Waals surface area contributed by atoms with Crippen LogP contribution in [0.1, 0.15) is 0 Å². The Hall–Kier alpha value is -5.55. The fourth-order valence-electron chi connectivity index (χ4n) is 5.21. The molecule has 3 nitrogen and oxygen atoms in total. The first-order valence-electron chi connectivity index (χ1n) is 14.7. The predicted molar refractivity (Wildman–Crippen MR) is 184 cm³/mol. The maximum atomic E-state index is 13.2. The average molecular weight is 589 g/mol. The third-order valence-corrected chi connectivity index (χ3v) is 7.27. The fraction of sp³-hybridized carbons (Fsp3) is 0. The van der Waals surface area contributed by atoms with Crippen LogP contribution in [0.3, 0.4) is 0 Å². The molecule has 7 heteroatoms. The van der Waals surface area contributed by atoms with Crippen molar-refractivity contribution in [3.63, 3.8) is 0 Å². The van der Waals surface area contributed by atoms with Crippen LogP contribution in [0.4, 0.5) is 8.78 Å². The quantitative estimate of drug-likeness (QED) is 0.291. The van der Waals surface area contributed by atoms with Crippen molar-refractivity contribution in [1.29, 1.82) is 0 Å². The Morgan fingerprint density at radius 1 is 0.378 bits per heavy atom. The molecule has 0 spiro atoms. The summed E-state index contributed by atoms with van der Waals surface area (Å²) in [7, 11) is 0.